The number of hydrogen-bond acceptors (Lipinski definition) is 5. The molecule has 0 atom stereocenters. The standard InChI is InChI=1S/C25H19F2N3O2S/c26-19-8-5-17(6-9-19)16-33-25-21(4-2-12-29-25)24(31)30-14-18-7-10-23(22(27)13-18)32-20-3-1-11-28-15-20/h1-13,15H,14,16H2,(H,30,31). The van der Waals surface area contributed by atoms with Crippen LogP contribution in [0.3, 0.4) is 0 Å². The molecule has 4 rings (SSSR count). The highest BCUT2D eigenvalue weighted by Gasteiger charge is 2.14. The minimum Gasteiger partial charge on any atom is -0.453 e. The molecule has 0 unspecified atom stereocenters. The van der Waals surface area contributed by atoms with Crippen LogP contribution in [0.2, 0.25) is 0 Å². The Morgan fingerprint density at radius 1 is 0.970 bits per heavy atom. The monoisotopic (exact) mass is 463 g/mol. The van der Waals surface area contributed by atoms with Crippen molar-refractivity contribution in [1.29, 1.82) is 0 Å². The molecule has 1 amide bonds. The predicted octanol–water partition coefficient (Wildman–Crippen LogP) is 5.77. The Morgan fingerprint density at radius 3 is 2.52 bits per heavy atom. The van der Waals surface area contributed by atoms with E-state index in [2.05, 4.69) is 15.3 Å². The van der Waals surface area contributed by atoms with Gasteiger partial charge in [-0.2, -0.15) is 0 Å². The summed E-state index contributed by atoms with van der Waals surface area (Å²) in [6.07, 6.45) is 4.71. The maximum absolute atomic E-state index is 14.4. The largest absolute Gasteiger partial charge is 0.453 e. The van der Waals surface area contributed by atoms with E-state index in [-0.39, 0.29) is 24.0 Å². The molecule has 2 aromatic heterocycles. The third kappa shape index (κ3) is 6.14. The number of ether oxygens (including phenoxy) is 1. The lowest BCUT2D eigenvalue weighted by Crippen LogP contribution is -2.23. The first kappa shape index (κ1) is 22.4. The molecule has 0 aliphatic rings. The third-order valence-electron chi connectivity index (χ3n) is 4.62. The number of pyridine rings is 2. The van der Waals surface area contributed by atoms with Gasteiger partial charge in [0, 0.05) is 24.7 Å². The van der Waals surface area contributed by atoms with Gasteiger partial charge in [0.05, 0.1) is 11.8 Å². The van der Waals surface area contributed by atoms with Crippen molar-refractivity contribution < 1.29 is 18.3 Å². The number of aromatic nitrogens is 2. The van der Waals surface area contributed by atoms with Gasteiger partial charge in [-0.05, 0) is 59.7 Å². The normalized spacial score (nSPS) is 10.6. The second kappa shape index (κ2) is 10.7. The second-order valence-electron chi connectivity index (χ2n) is 7.01. The van der Waals surface area contributed by atoms with Gasteiger partial charge in [-0.3, -0.25) is 9.78 Å². The van der Waals surface area contributed by atoms with Gasteiger partial charge in [-0.25, -0.2) is 13.8 Å². The zero-order chi connectivity index (χ0) is 23.0. The Kier molecular flexibility index (Phi) is 7.26. The highest BCUT2D eigenvalue weighted by atomic mass is 32.2. The molecule has 0 bridgehead atoms. The molecule has 33 heavy (non-hydrogen) atoms. The van der Waals surface area contributed by atoms with Crippen LogP contribution in [0, 0.1) is 11.6 Å². The molecule has 4 aromatic rings. The fraction of sp³-hybridized carbons (Fsp3) is 0.0800. The number of carbonyl (C=O) groups excluding carboxylic acids is 1. The highest BCUT2D eigenvalue weighted by molar-refractivity contribution is 7.98. The SMILES string of the molecule is O=C(NCc1ccc(Oc2cccnc2)c(F)c1)c1cccnc1SCc1ccc(F)cc1. The Balaban J connectivity index is 1.37. The lowest BCUT2D eigenvalue weighted by Gasteiger charge is -2.11. The van der Waals surface area contributed by atoms with E-state index in [0.717, 1.165) is 5.56 Å². The Bertz CT molecular complexity index is 1240. The minimum absolute atomic E-state index is 0.0739. The van der Waals surface area contributed by atoms with E-state index < -0.39 is 5.82 Å². The van der Waals surface area contributed by atoms with Crippen molar-refractivity contribution in [3.8, 4) is 11.5 Å². The maximum atomic E-state index is 14.4. The van der Waals surface area contributed by atoms with Crippen LogP contribution < -0.4 is 10.1 Å². The van der Waals surface area contributed by atoms with Crippen molar-refractivity contribution in [2.24, 2.45) is 0 Å². The van der Waals surface area contributed by atoms with Crippen molar-refractivity contribution in [3.05, 3.63) is 114 Å². The summed E-state index contributed by atoms with van der Waals surface area (Å²) < 4.78 is 33.0. The molecule has 8 heteroatoms. The zero-order valence-corrected chi connectivity index (χ0v) is 18.2. The quantitative estimate of drug-likeness (QED) is 0.336. The highest BCUT2D eigenvalue weighted by Crippen LogP contribution is 2.26. The molecule has 1 N–H and O–H groups in total. The topological polar surface area (TPSA) is 64.1 Å². The van der Waals surface area contributed by atoms with Crippen molar-refractivity contribution >= 4 is 17.7 Å². The van der Waals surface area contributed by atoms with Crippen molar-refractivity contribution in [3.63, 3.8) is 0 Å². The molecule has 2 aromatic carbocycles. The number of nitrogens with zero attached hydrogens (tertiary/aromatic N) is 2. The summed E-state index contributed by atoms with van der Waals surface area (Å²) in [5.41, 5.74) is 1.92. The molecule has 0 radical (unpaired) electrons. The molecule has 0 aliphatic carbocycles. The first-order valence-electron chi connectivity index (χ1n) is 10.1. The van der Waals surface area contributed by atoms with E-state index in [4.69, 9.17) is 4.74 Å². The van der Waals surface area contributed by atoms with Gasteiger partial charge < -0.3 is 10.1 Å². The van der Waals surface area contributed by atoms with E-state index in [1.807, 2.05) is 0 Å². The molecule has 166 valence electrons. The fourth-order valence-electron chi connectivity index (χ4n) is 2.96. The van der Waals surface area contributed by atoms with Crippen molar-refractivity contribution in [2.75, 3.05) is 0 Å². The molecule has 2 heterocycles. The van der Waals surface area contributed by atoms with E-state index in [1.54, 1.807) is 54.9 Å². The van der Waals surface area contributed by atoms with Gasteiger partial charge in [-0.15, -0.1) is 11.8 Å². The minimum atomic E-state index is -0.539. The number of thioether (sulfide) groups is 1. The smallest absolute Gasteiger partial charge is 0.254 e. The van der Waals surface area contributed by atoms with Crippen molar-refractivity contribution in [1.82, 2.24) is 15.3 Å². The second-order valence-corrected chi connectivity index (χ2v) is 7.97. The van der Waals surface area contributed by atoms with Gasteiger partial charge in [0.15, 0.2) is 11.6 Å². The number of carbonyl (C=O) groups is 1. The Hall–Kier alpha value is -3.78. The lowest BCUT2D eigenvalue weighted by atomic mass is 10.2. The van der Waals surface area contributed by atoms with Crippen LogP contribution in [0.4, 0.5) is 8.78 Å². The predicted molar refractivity (Wildman–Crippen MR) is 122 cm³/mol. The maximum Gasteiger partial charge on any atom is 0.254 e. The number of nitrogens with one attached hydrogen (secondary N) is 1. The molecule has 0 saturated heterocycles. The number of benzene rings is 2. The van der Waals surface area contributed by atoms with Gasteiger partial charge in [0.1, 0.15) is 16.6 Å². The summed E-state index contributed by atoms with van der Waals surface area (Å²) in [5.74, 6) is -0.108. The molecule has 0 fully saturated rings. The number of hydrogen-bond donors (Lipinski definition) is 1. The molecular weight excluding hydrogens is 444 g/mol. The summed E-state index contributed by atoms with van der Waals surface area (Å²) >= 11 is 1.39. The Morgan fingerprint density at radius 2 is 1.76 bits per heavy atom. The average molecular weight is 464 g/mol. The van der Waals surface area contributed by atoms with E-state index in [1.165, 1.54) is 42.2 Å². The average Bonchev–Trinajstić information content (AvgIpc) is 2.84. The first-order chi connectivity index (χ1) is 16.1. The number of halogens is 2. The van der Waals surface area contributed by atoms with Crippen LogP contribution >= 0.6 is 11.8 Å². The molecule has 0 saturated carbocycles. The summed E-state index contributed by atoms with van der Waals surface area (Å²) in [6.45, 7) is 0.139. The zero-order valence-electron chi connectivity index (χ0n) is 17.4. The molecule has 0 spiro atoms. The van der Waals surface area contributed by atoms with Crippen LogP contribution in [0.25, 0.3) is 0 Å². The van der Waals surface area contributed by atoms with Crippen LogP contribution in [-0.2, 0) is 12.3 Å². The lowest BCUT2D eigenvalue weighted by molar-refractivity contribution is 0.0947. The number of amides is 1. The van der Waals surface area contributed by atoms with Crippen LogP contribution in [0.15, 0.2) is 90.3 Å². The fourth-order valence-corrected chi connectivity index (χ4v) is 3.91. The van der Waals surface area contributed by atoms with Crippen LogP contribution in [-0.4, -0.2) is 15.9 Å². The summed E-state index contributed by atoms with van der Waals surface area (Å²) in [7, 11) is 0. The van der Waals surface area contributed by atoms with Gasteiger partial charge >= 0.3 is 0 Å². The first-order valence-corrected chi connectivity index (χ1v) is 11.0. The van der Waals surface area contributed by atoms with Crippen molar-refractivity contribution in [2.45, 2.75) is 17.3 Å². The third-order valence-corrected chi connectivity index (χ3v) is 5.69. The molecule has 5 nitrogen and oxygen atoms in total. The van der Waals surface area contributed by atoms with Gasteiger partial charge in [-0.1, -0.05) is 18.2 Å². The number of rotatable bonds is 8. The summed E-state index contributed by atoms with van der Waals surface area (Å²) in [5, 5.41) is 3.36. The molecular formula is C25H19F2N3O2S. The molecule has 0 aliphatic heterocycles. The van der Waals surface area contributed by atoms with Gasteiger partial charge in [0.2, 0.25) is 0 Å². The van der Waals surface area contributed by atoms with E-state index in [0.29, 0.717) is 27.7 Å². The van der Waals surface area contributed by atoms with E-state index >= 15 is 0 Å². The summed E-state index contributed by atoms with van der Waals surface area (Å²) in [4.78, 5) is 21.0. The van der Waals surface area contributed by atoms with Crippen LogP contribution in [0.1, 0.15) is 21.5 Å². The van der Waals surface area contributed by atoms with E-state index in [9.17, 15) is 13.6 Å². The van der Waals surface area contributed by atoms with Gasteiger partial charge in [0.25, 0.3) is 5.91 Å². The van der Waals surface area contributed by atoms with Crippen LogP contribution in [0.5, 0.6) is 11.5 Å². The summed E-state index contributed by atoms with van der Waals surface area (Å²) in [6, 6.07) is 17.4. The Labute approximate surface area is 193 Å².